The molecule has 6 aromatic heterocycles. The first-order chi connectivity index (χ1) is 35.6. The summed E-state index contributed by atoms with van der Waals surface area (Å²) in [5.41, 5.74) is 9.01. The third kappa shape index (κ3) is 17.8. The molecule has 0 fully saturated rings. The minimum Gasteiger partial charge on any atom is -0.459 e. The van der Waals surface area contributed by atoms with Gasteiger partial charge in [-0.25, -0.2) is 9.59 Å². The molecule has 0 saturated heterocycles. The van der Waals surface area contributed by atoms with Gasteiger partial charge in [0.25, 0.3) is 0 Å². The van der Waals surface area contributed by atoms with Crippen molar-refractivity contribution in [1.82, 2.24) is 25.6 Å². The smallest absolute Gasteiger partial charge is 0.459 e. The first kappa shape index (κ1) is 58.9. The fourth-order valence-corrected chi connectivity index (χ4v) is 7.09. The van der Waals surface area contributed by atoms with E-state index in [9.17, 15) is 24.0 Å². The Labute approximate surface area is 451 Å². The number of pyridine rings is 3. The fraction of sp³-hybridized carbons (Fsp3) is 0.200. The summed E-state index contributed by atoms with van der Waals surface area (Å²) in [6.45, 7) is 11.1. The van der Waals surface area contributed by atoms with E-state index in [0.717, 1.165) is 27.0 Å². The number of aromatic nitrogens is 3. The fourth-order valence-electron chi connectivity index (χ4n) is 6.73. The Morgan fingerprint density at radius 1 is 0.566 bits per heavy atom. The minimum absolute atomic E-state index is 0. The zero-order valence-corrected chi connectivity index (χ0v) is 44.6. The van der Waals surface area contributed by atoms with E-state index in [1.165, 1.54) is 24.4 Å². The highest BCUT2D eigenvalue weighted by molar-refractivity contribution is 9.10. The molecule has 0 saturated carbocycles. The number of benzene rings is 3. The molecule has 2 amide bonds. The number of alkyl carbamates (subject to hydrolysis) is 2. The number of hydrogen-bond acceptors (Lipinski definition) is 16. The van der Waals surface area contributed by atoms with Crippen LogP contribution in [0.4, 0.5) is 9.59 Å². The van der Waals surface area contributed by atoms with Crippen LogP contribution in [0.25, 0.3) is 55.4 Å². The van der Waals surface area contributed by atoms with E-state index in [4.69, 9.17) is 38.5 Å². The largest absolute Gasteiger partial charge is 0.508 e. The lowest BCUT2D eigenvalue weighted by atomic mass is 9.86. The number of ether oxygens (including phenoxy) is 2. The molecule has 394 valence electrons. The predicted molar refractivity (Wildman–Crippen MR) is 297 cm³/mol. The first-order valence-electron chi connectivity index (χ1n) is 23.2. The Balaban J connectivity index is 0.000000195. The lowest BCUT2D eigenvalue weighted by Gasteiger charge is -2.19. The molecule has 9 rings (SSSR count). The molecule has 9 aromatic rings. The van der Waals surface area contributed by atoms with Crippen molar-refractivity contribution in [3.63, 3.8) is 0 Å². The highest BCUT2D eigenvalue weighted by Crippen LogP contribution is 2.24. The summed E-state index contributed by atoms with van der Waals surface area (Å²) in [6, 6.07) is 36.4. The van der Waals surface area contributed by atoms with E-state index in [-0.39, 0.29) is 53.9 Å². The van der Waals surface area contributed by atoms with Crippen LogP contribution in [0.1, 0.15) is 58.8 Å². The normalized spacial score (nSPS) is 10.8. The van der Waals surface area contributed by atoms with Gasteiger partial charge in [0, 0.05) is 52.4 Å². The SMILES string of the molecule is CC(C)(C)OC(=O)NCc1cc(=O)c2cc(-c3ccccn3)ccc2o1.CC(C)(C)OC(=O)NCc1cc(=O)c2cc(Br)ccc2o1.Cl.NCc1cc(=O)c2cc(-c3ccccn3)ccc2o1.OB(O)c1ccccn1. The van der Waals surface area contributed by atoms with Gasteiger partial charge >= 0.3 is 19.3 Å². The van der Waals surface area contributed by atoms with Crippen LogP contribution < -0.4 is 38.2 Å². The van der Waals surface area contributed by atoms with Crippen molar-refractivity contribution >= 4 is 86.1 Å². The van der Waals surface area contributed by atoms with E-state index in [0.29, 0.717) is 50.2 Å². The number of amides is 2. The number of carbonyl (C=O) groups is 2. The van der Waals surface area contributed by atoms with Gasteiger partial charge in [0.2, 0.25) is 0 Å². The van der Waals surface area contributed by atoms with Gasteiger partial charge in [0.15, 0.2) is 16.3 Å². The summed E-state index contributed by atoms with van der Waals surface area (Å²) in [4.78, 5) is 72.0. The van der Waals surface area contributed by atoms with Crippen LogP contribution in [-0.4, -0.2) is 55.5 Å². The van der Waals surface area contributed by atoms with E-state index in [1.807, 2.05) is 48.5 Å². The minimum atomic E-state index is -1.45. The van der Waals surface area contributed by atoms with Crippen LogP contribution in [0.2, 0.25) is 0 Å². The zero-order valence-electron chi connectivity index (χ0n) is 42.2. The molecule has 0 aliphatic rings. The molecule has 0 radical (unpaired) electrons. The Hall–Kier alpha value is -8.01. The Morgan fingerprint density at radius 3 is 1.33 bits per heavy atom. The number of nitrogens with zero attached hydrogens (tertiary/aromatic N) is 3. The van der Waals surface area contributed by atoms with Crippen LogP contribution in [-0.2, 0) is 29.1 Å². The summed E-state index contributed by atoms with van der Waals surface area (Å²) >= 11 is 3.31. The van der Waals surface area contributed by atoms with Gasteiger partial charge in [0.05, 0.1) is 52.8 Å². The van der Waals surface area contributed by atoms with Crippen molar-refractivity contribution in [3.8, 4) is 22.5 Å². The zero-order chi connectivity index (χ0) is 54.3. The van der Waals surface area contributed by atoms with Crippen LogP contribution >= 0.6 is 28.3 Å². The van der Waals surface area contributed by atoms with Crippen LogP contribution in [0.15, 0.2) is 178 Å². The summed E-state index contributed by atoms with van der Waals surface area (Å²) < 4.78 is 27.9. The van der Waals surface area contributed by atoms with Gasteiger partial charge in [-0.1, -0.05) is 34.1 Å². The lowest BCUT2D eigenvalue weighted by Crippen LogP contribution is -2.32. The third-order valence-electron chi connectivity index (χ3n) is 9.98. The van der Waals surface area contributed by atoms with Crippen molar-refractivity contribution in [3.05, 3.63) is 198 Å². The Kier molecular flexibility index (Phi) is 20.9. The van der Waals surface area contributed by atoms with Gasteiger partial charge in [-0.3, -0.25) is 29.3 Å². The van der Waals surface area contributed by atoms with Crippen molar-refractivity contribution in [1.29, 1.82) is 0 Å². The molecular formula is C55H55BBrClN6O12. The molecule has 0 aliphatic heterocycles. The van der Waals surface area contributed by atoms with E-state index >= 15 is 0 Å². The molecule has 0 spiro atoms. The summed E-state index contributed by atoms with van der Waals surface area (Å²) in [7, 11) is -1.45. The molecule has 18 nitrogen and oxygen atoms in total. The predicted octanol–water partition coefficient (Wildman–Crippen LogP) is 8.96. The van der Waals surface area contributed by atoms with Gasteiger partial charge in [-0.15, -0.1) is 12.4 Å². The van der Waals surface area contributed by atoms with Gasteiger partial charge in [-0.05, 0) is 133 Å². The standard InChI is InChI=1S/C20H20N2O4.C15H16BrNO4.C15H12N2O2.C5H6BNO2.ClH/c1-20(2,3)26-19(24)22-12-14-11-17(23)15-10-13(7-8-18(15)25-14)16-6-4-5-9-21-16;1-15(2,3)21-14(19)17-8-10-7-12(18)11-6-9(16)4-5-13(11)20-10;16-9-11-8-14(18)12-7-10(4-5-15(12)19-11)13-3-1-2-6-17-13;8-6(9)5-3-1-2-4-7-5;/h4-11H,12H2,1-3H3,(H,22,24);4-7H,8H2,1-3H3,(H,17,19);1-8H,9,16H2;1-4,8-9H;1H. The average Bonchev–Trinajstić information content (AvgIpc) is 3.38. The topological polar surface area (TPSA) is 272 Å². The maximum absolute atomic E-state index is 12.4. The maximum Gasteiger partial charge on any atom is 0.508 e. The second-order valence-electron chi connectivity index (χ2n) is 18.3. The molecule has 6 N–H and O–H groups in total. The Morgan fingerprint density at radius 2 is 0.961 bits per heavy atom. The molecule has 21 heteroatoms. The Bertz CT molecular complexity index is 3570. The molecule has 0 bridgehead atoms. The van der Waals surface area contributed by atoms with Crippen molar-refractivity contribution in [2.45, 2.75) is 72.4 Å². The lowest BCUT2D eigenvalue weighted by molar-refractivity contribution is 0.0509. The number of hydrogen-bond donors (Lipinski definition) is 5. The van der Waals surface area contributed by atoms with Gasteiger partial charge < -0.3 is 49.1 Å². The molecule has 76 heavy (non-hydrogen) atoms. The molecule has 0 aliphatic carbocycles. The van der Waals surface area contributed by atoms with E-state index < -0.39 is 30.5 Å². The van der Waals surface area contributed by atoms with Crippen molar-refractivity contribution < 1.29 is 42.4 Å². The number of halogens is 2. The molecular weight excluding hydrogens is 1060 g/mol. The number of nitrogens with one attached hydrogen (secondary N) is 2. The summed E-state index contributed by atoms with van der Waals surface area (Å²) in [5.74, 6) is 1.22. The van der Waals surface area contributed by atoms with Gasteiger partial charge in [0.1, 0.15) is 45.2 Å². The van der Waals surface area contributed by atoms with Crippen LogP contribution in [0, 0.1) is 0 Å². The van der Waals surface area contributed by atoms with Gasteiger partial charge in [-0.2, -0.15) is 0 Å². The number of carbonyl (C=O) groups excluding carboxylic acids is 2. The molecule has 3 aromatic carbocycles. The quantitative estimate of drug-likeness (QED) is 0.0888. The summed E-state index contributed by atoms with van der Waals surface area (Å²) in [6.07, 6.45) is 3.81. The first-order valence-corrected chi connectivity index (χ1v) is 24.0. The average molecular weight is 1120 g/mol. The third-order valence-corrected chi connectivity index (χ3v) is 10.5. The second-order valence-corrected chi connectivity index (χ2v) is 19.2. The van der Waals surface area contributed by atoms with Crippen molar-refractivity contribution in [2.75, 3.05) is 0 Å². The van der Waals surface area contributed by atoms with E-state index in [1.54, 1.807) is 115 Å². The second kappa shape index (κ2) is 27.0. The van der Waals surface area contributed by atoms with Crippen molar-refractivity contribution in [2.24, 2.45) is 5.73 Å². The monoisotopic (exact) mass is 1120 g/mol. The summed E-state index contributed by atoms with van der Waals surface area (Å²) in [5, 5.41) is 23.7. The number of fused-ring (bicyclic) bond motifs is 3. The van der Waals surface area contributed by atoms with E-state index in [2.05, 4.69) is 41.5 Å². The number of rotatable bonds is 8. The molecule has 6 heterocycles. The highest BCUT2D eigenvalue weighted by Gasteiger charge is 2.18. The maximum atomic E-state index is 12.4. The molecule has 0 atom stereocenters. The molecule has 0 unspecified atom stereocenters. The highest BCUT2D eigenvalue weighted by atomic mass is 79.9. The van der Waals surface area contributed by atoms with Crippen LogP contribution in [0.5, 0.6) is 0 Å². The number of nitrogens with two attached hydrogens (primary N) is 1. The van der Waals surface area contributed by atoms with Crippen LogP contribution in [0.3, 0.4) is 0 Å².